The van der Waals surface area contributed by atoms with Crippen LogP contribution >= 0.6 is 15.9 Å². The number of rotatable bonds is 4. The van der Waals surface area contributed by atoms with Crippen molar-refractivity contribution in [2.45, 2.75) is 0 Å². The summed E-state index contributed by atoms with van der Waals surface area (Å²) in [6, 6.07) is 16.3. The van der Waals surface area contributed by atoms with Gasteiger partial charge < -0.3 is 9.80 Å². The van der Waals surface area contributed by atoms with E-state index < -0.39 is 0 Å². The Labute approximate surface area is 145 Å². The number of anilines is 2. The van der Waals surface area contributed by atoms with E-state index in [1.54, 1.807) is 0 Å². The summed E-state index contributed by atoms with van der Waals surface area (Å²) in [5.41, 5.74) is 6.42. The Balaban J connectivity index is 1.76. The maximum atomic E-state index is 4.38. The zero-order chi connectivity index (χ0) is 16.1. The van der Waals surface area contributed by atoms with Gasteiger partial charge >= 0.3 is 0 Å². The van der Waals surface area contributed by atoms with Gasteiger partial charge in [-0.3, -0.25) is 5.43 Å². The third-order valence-electron chi connectivity index (χ3n) is 4.01. The second-order valence-electron chi connectivity index (χ2n) is 5.73. The fourth-order valence-electron chi connectivity index (χ4n) is 2.64. The van der Waals surface area contributed by atoms with Crippen molar-refractivity contribution in [1.29, 1.82) is 0 Å². The van der Waals surface area contributed by atoms with Gasteiger partial charge in [0.05, 0.1) is 11.9 Å². The van der Waals surface area contributed by atoms with Crippen LogP contribution < -0.4 is 10.3 Å². The molecule has 0 aliphatic carbocycles. The molecule has 23 heavy (non-hydrogen) atoms. The number of hydrogen-bond donors (Lipinski definition) is 1. The fourth-order valence-corrected chi connectivity index (χ4v) is 2.99. The number of likely N-dealkylation sites (N-methyl/N-ethyl adjacent to an activating group) is 1. The van der Waals surface area contributed by atoms with E-state index in [4.69, 9.17) is 0 Å². The first-order chi connectivity index (χ1) is 11.2. The molecule has 0 spiro atoms. The molecule has 0 unspecified atom stereocenters. The molecule has 0 amide bonds. The van der Waals surface area contributed by atoms with Crippen LogP contribution in [0.5, 0.6) is 0 Å². The Bertz CT molecular complexity index is 664. The van der Waals surface area contributed by atoms with E-state index >= 15 is 0 Å². The van der Waals surface area contributed by atoms with Crippen molar-refractivity contribution >= 4 is 33.5 Å². The Morgan fingerprint density at radius 3 is 2.52 bits per heavy atom. The molecule has 1 heterocycles. The van der Waals surface area contributed by atoms with E-state index in [0.29, 0.717) is 0 Å². The molecule has 0 atom stereocenters. The maximum Gasteiger partial charge on any atom is 0.0565 e. The molecule has 2 aromatic carbocycles. The van der Waals surface area contributed by atoms with Crippen LogP contribution in [0.15, 0.2) is 58.1 Å². The minimum Gasteiger partial charge on any atom is -0.368 e. The first-order valence-electron chi connectivity index (χ1n) is 7.79. The number of hydrazone groups is 1. The van der Waals surface area contributed by atoms with E-state index in [0.717, 1.165) is 41.9 Å². The van der Waals surface area contributed by atoms with Crippen molar-refractivity contribution in [2.75, 3.05) is 43.6 Å². The van der Waals surface area contributed by atoms with Crippen molar-refractivity contribution in [3.63, 3.8) is 0 Å². The van der Waals surface area contributed by atoms with Crippen LogP contribution in [0.25, 0.3) is 0 Å². The second-order valence-corrected chi connectivity index (χ2v) is 6.65. The predicted molar refractivity (Wildman–Crippen MR) is 102 cm³/mol. The predicted octanol–water partition coefficient (Wildman–Crippen LogP) is 3.65. The standard InChI is InChI=1S/C18H21BrN4/c1-22-9-11-23(12-10-22)18-13-16(19)8-7-15(18)14-20-21-17-5-3-2-4-6-17/h2-8,13-14,21H,9-12H2,1H3. The molecule has 1 fully saturated rings. The zero-order valence-corrected chi connectivity index (χ0v) is 14.8. The average Bonchev–Trinajstić information content (AvgIpc) is 2.58. The number of hydrogen-bond acceptors (Lipinski definition) is 4. The first-order valence-corrected chi connectivity index (χ1v) is 8.59. The summed E-state index contributed by atoms with van der Waals surface area (Å²) >= 11 is 3.58. The molecule has 120 valence electrons. The van der Waals surface area contributed by atoms with Crippen LogP contribution in [0, 0.1) is 0 Å². The van der Waals surface area contributed by atoms with E-state index in [1.807, 2.05) is 36.5 Å². The normalized spacial score (nSPS) is 16.0. The summed E-state index contributed by atoms with van der Waals surface area (Å²) in [5, 5.41) is 4.38. The Morgan fingerprint density at radius 2 is 1.78 bits per heavy atom. The molecule has 2 aromatic rings. The molecule has 4 nitrogen and oxygen atoms in total. The van der Waals surface area contributed by atoms with Gasteiger partial charge in [-0.1, -0.05) is 40.2 Å². The monoisotopic (exact) mass is 372 g/mol. The summed E-state index contributed by atoms with van der Waals surface area (Å²) in [7, 11) is 2.17. The van der Waals surface area contributed by atoms with E-state index in [1.165, 1.54) is 5.69 Å². The summed E-state index contributed by atoms with van der Waals surface area (Å²) < 4.78 is 1.10. The molecule has 1 aliphatic heterocycles. The highest BCUT2D eigenvalue weighted by molar-refractivity contribution is 9.10. The SMILES string of the molecule is CN1CCN(c2cc(Br)ccc2C=NNc2ccccc2)CC1. The van der Waals surface area contributed by atoms with Gasteiger partial charge in [-0.25, -0.2) is 0 Å². The number of benzene rings is 2. The summed E-state index contributed by atoms with van der Waals surface area (Å²) in [6.07, 6.45) is 1.90. The Hall–Kier alpha value is -1.85. The number of nitrogens with one attached hydrogen (secondary N) is 1. The molecule has 1 saturated heterocycles. The largest absolute Gasteiger partial charge is 0.368 e. The fraction of sp³-hybridized carbons (Fsp3) is 0.278. The molecule has 0 aromatic heterocycles. The molecular weight excluding hydrogens is 352 g/mol. The zero-order valence-electron chi connectivity index (χ0n) is 13.2. The highest BCUT2D eigenvalue weighted by atomic mass is 79.9. The maximum absolute atomic E-state index is 4.38. The molecule has 0 radical (unpaired) electrons. The number of piperazine rings is 1. The lowest BCUT2D eigenvalue weighted by atomic mass is 10.1. The third-order valence-corrected chi connectivity index (χ3v) is 4.50. The summed E-state index contributed by atoms with van der Waals surface area (Å²) in [5.74, 6) is 0. The first kappa shape index (κ1) is 16.0. The van der Waals surface area contributed by atoms with Gasteiger partial charge in [0.25, 0.3) is 0 Å². The number of halogens is 1. The molecule has 1 N–H and O–H groups in total. The second kappa shape index (κ2) is 7.62. The van der Waals surface area contributed by atoms with Crippen molar-refractivity contribution in [2.24, 2.45) is 5.10 Å². The lowest BCUT2D eigenvalue weighted by Gasteiger charge is -2.34. The van der Waals surface area contributed by atoms with Gasteiger partial charge in [-0.05, 0) is 31.3 Å². The molecule has 0 bridgehead atoms. The van der Waals surface area contributed by atoms with Gasteiger partial charge in [0.2, 0.25) is 0 Å². The van der Waals surface area contributed by atoms with Crippen molar-refractivity contribution in [3.8, 4) is 0 Å². The Morgan fingerprint density at radius 1 is 1.04 bits per heavy atom. The van der Waals surface area contributed by atoms with Crippen LogP contribution in [0.3, 0.4) is 0 Å². The topological polar surface area (TPSA) is 30.9 Å². The van der Waals surface area contributed by atoms with Crippen molar-refractivity contribution in [3.05, 3.63) is 58.6 Å². The number of para-hydroxylation sites is 1. The van der Waals surface area contributed by atoms with Crippen LogP contribution in [-0.2, 0) is 0 Å². The third kappa shape index (κ3) is 4.33. The van der Waals surface area contributed by atoms with Crippen molar-refractivity contribution < 1.29 is 0 Å². The van der Waals surface area contributed by atoms with Gasteiger partial charge in [-0.2, -0.15) is 5.10 Å². The minimum atomic E-state index is 0.988. The lowest BCUT2D eigenvalue weighted by Crippen LogP contribution is -2.44. The molecular formula is C18H21BrN4. The smallest absolute Gasteiger partial charge is 0.0565 e. The summed E-state index contributed by atoms with van der Waals surface area (Å²) in [4.78, 5) is 4.79. The van der Waals surface area contributed by atoms with E-state index in [9.17, 15) is 0 Å². The lowest BCUT2D eigenvalue weighted by molar-refractivity contribution is 0.313. The number of nitrogens with zero attached hydrogens (tertiary/aromatic N) is 3. The van der Waals surface area contributed by atoms with Crippen LogP contribution in [0.2, 0.25) is 0 Å². The van der Waals surface area contributed by atoms with Crippen LogP contribution in [0.1, 0.15) is 5.56 Å². The average molecular weight is 373 g/mol. The highest BCUT2D eigenvalue weighted by Crippen LogP contribution is 2.25. The molecule has 1 aliphatic rings. The minimum absolute atomic E-state index is 0.988. The Kier molecular flexibility index (Phi) is 5.31. The molecule has 3 rings (SSSR count). The quantitative estimate of drug-likeness (QED) is 0.656. The molecule has 5 heteroatoms. The van der Waals surface area contributed by atoms with Gasteiger partial charge in [0, 0.05) is 41.9 Å². The van der Waals surface area contributed by atoms with Gasteiger partial charge in [-0.15, -0.1) is 0 Å². The van der Waals surface area contributed by atoms with Gasteiger partial charge in [0.1, 0.15) is 0 Å². The molecule has 0 saturated carbocycles. The highest BCUT2D eigenvalue weighted by Gasteiger charge is 2.16. The summed E-state index contributed by atoms with van der Waals surface area (Å²) in [6.45, 7) is 4.26. The van der Waals surface area contributed by atoms with Crippen LogP contribution in [0.4, 0.5) is 11.4 Å². The van der Waals surface area contributed by atoms with E-state index in [-0.39, 0.29) is 0 Å². The van der Waals surface area contributed by atoms with Crippen LogP contribution in [-0.4, -0.2) is 44.3 Å². The van der Waals surface area contributed by atoms with Gasteiger partial charge in [0.15, 0.2) is 0 Å². The van der Waals surface area contributed by atoms with E-state index in [2.05, 4.69) is 61.5 Å². The van der Waals surface area contributed by atoms with Crippen molar-refractivity contribution in [1.82, 2.24) is 4.90 Å².